The monoisotopic (exact) mass is 398 g/mol. The molecule has 0 amide bonds. The fourth-order valence-corrected chi connectivity index (χ4v) is 2.70. The summed E-state index contributed by atoms with van der Waals surface area (Å²) in [7, 11) is 0. The number of aromatic carboxylic acids is 2. The lowest BCUT2D eigenvalue weighted by atomic mass is 10.0. The summed E-state index contributed by atoms with van der Waals surface area (Å²) in [5.41, 5.74) is -2.37. The van der Waals surface area contributed by atoms with Crippen LogP contribution >= 0.6 is 0 Å². The maximum absolute atomic E-state index is 11.8. The van der Waals surface area contributed by atoms with Gasteiger partial charge in [-0.3, -0.25) is 0 Å². The molecule has 0 atom stereocenters. The first kappa shape index (κ1) is 23.7. The normalized spacial score (nSPS) is 11.9. The first-order chi connectivity index (χ1) is 12.9. The zero-order valence-electron chi connectivity index (χ0n) is 17.3. The van der Waals surface area contributed by atoms with Gasteiger partial charge in [-0.1, -0.05) is 26.7 Å². The Labute approximate surface area is 165 Å². The van der Waals surface area contributed by atoms with Crippen molar-refractivity contribution in [3.63, 3.8) is 0 Å². The Morgan fingerprint density at radius 1 is 0.857 bits per heavy atom. The molecule has 0 saturated heterocycles. The summed E-state index contributed by atoms with van der Waals surface area (Å²) in [6.07, 6.45) is 3.01. The van der Waals surface area contributed by atoms with Gasteiger partial charge in [0.25, 0.3) is 0 Å². The summed E-state index contributed by atoms with van der Waals surface area (Å²) in [5, 5.41) is 18.9. The summed E-state index contributed by atoms with van der Waals surface area (Å²) >= 11 is 0. The van der Waals surface area contributed by atoms with Crippen molar-refractivity contribution in [3.8, 4) is 11.5 Å². The Balaban J connectivity index is 3.32. The average molecular weight is 398 g/mol. The molecule has 1 rings (SSSR count). The first-order valence-electron chi connectivity index (χ1n) is 9.29. The van der Waals surface area contributed by atoms with Crippen LogP contribution in [-0.4, -0.2) is 33.4 Å². The number of hydrogen-bond acceptors (Lipinski definition) is 6. The quantitative estimate of drug-likeness (QED) is 0.379. The van der Waals surface area contributed by atoms with Gasteiger partial charge >= 0.3 is 11.9 Å². The Morgan fingerprint density at radius 3 is 1.79 bits per heavy atom. The largest absolute Gasteiger partial charge is 0.478 e. The highest BCUT2D eigenvalue weighted by Crippen LogP contribution is 2.36. The van der Waals surface area contributed by atoms with Gasteiger partial charge in [0, 0.05) is 0 Å². The third-order valence-electron chi connectivity index (χ3n) is 3.98. The first-order valence-corrected chi connectivity index (χ1v) is 9.29. The Morgan fingerprint density at radius 2 is 1.36 bits per heavy atom. The zero-order valence-corrected chi connectivity index (χ0v) is 17.3. The van der Waals surface area contributed by atoms with Crippen molar-refractivity contribution in [1.82, 2.24) is 0 Å². The molecule has 0 spiro atoms. The van der Waals surface area contributed by atoms with Gasteiger partial charge in [0.2, 0.25) is 11.5 Å². The average Bonchev–Trinajstić information content (AvgIpc) is 2.57. The lowest BCUT2D eigenvalue weighted by molar-refractivity contribution is -0.300. The van der Waals surface area contributed by atoms with Crippen LogP contribution in [-0.2, 0) is 9.78 Å². The molecule has 0 heterocycles. The van der Waals surface area contributed by atoms with Crippen LogP contribution in [0.15, 0.2) is 12.1 Å². The molecule has 0 aliphatic heterocycles. The molecule has 1 aromatic carbocycles. The third kappa shape index (κ3) is 6.69. The van der Waals surface area contributed by atoms with Crippen LogP contribution < -0.4 is 9.78 Å². The van der Waals surface area contributed by atoms with E-state index in [1.54, 1.807) is 13.8 Å². The fraction of sp³-hybridized carbons (Fsp3) is 0.600. The molecule has 0 fully saturated rings. The molecular formula is C20H30O8. The lowest BCUT2D eigenvalue weighted by Crippen LogP contribution is -2.28. The van der Waals surface area contributed by atoms with Crippen molar-refractivity contribution in [2.24, 2.45) is 0 Å². The molecule has 8 nitrogen and oxygen atoms in total. The number of carboxylic acids is 2. The number of carbonyl (C=O) groups is 2. The standard InChI is InChI=1S/C20H30O8/c1-7-11-19(3,4)27-25-14-10-9-13(17(21)22)15(18(23)24)16(14)26-28-20(5,6)12-8-2/h9-10H,7-8,11-12H2,1-6H3,(H,21,22)(H,23,24). The highest BCUT2D eigenvalue weighted by atomic mass is 17.2. The molecule has 0 aliphatic carbocycles. The Kier molecular flexibility index (Phi) is 8.26. The highest BCUT2D eigenvalue weighted by Gasteiger charge is 2.30. The van der Waals surface area contributed by atoms with Gasteiger partial charge in [-0.2, -0.15) is 9.78 Å². The van der Waals surface area contributed by atoms with Crippen LogP contribution in [0.3, 0.4) is 0 Å². The van der Waals surface area contributed by atoms with E-state index in [4.69, 9.17) is 19.6 Å². The molecule has 0 saturated carbocycles. The molecule has 2 N–H and O–H groups in total. The van der Waals surface area contributed by atoms with Crippen molar-refractivity contribution in [3.05, 3.63) is 23.3 Å². The van der Waals surface area contributed by atoms with Crippen molar-refractivity contribution < 1.29 is 39.4 Å². The molecule has 0 aromatic heterocycles. The number of rotatable bonds is 12. The van der Waals surface area contributed by atoms with E-state index in [1.807, 2.05) is 27.7 Å². The van der Waals surface area contributed by atoms with E-state index in [2.05, 4.69) is 0 Å². The molecule has 0 radical (unpaired) electrons. The molecule has 0 aliphatic rings. The second-order valence-electron chi connectivity index (χ2n) is 7.78. The predicted octanol–water partition coefficient (Wildman–Crippen LogP) is 4.86. The molecule has 28 heavy (non-hydrogen) atoms. The van der Waals surface area contributed by atoms with Gasteiger partial charge in [0.1, 0.15) is 16.8 Å². The minimum atomic E-state index is -1.48. The van der Waals surface area contributed by atoms with E-state index in [0.29, 0.717) is 12.8 Å². The lowest BCUT2D eigenvalue weighted by Gasteiger charge is -2.26. The number of hydrogen-bond donors (Lipinski definition) is 2. The van der Waals surface area contributed by atoms with E-state index >= 15 is 0 Å². The van der Waals surface area contributed by atoms with Gasteiger partial charge in [-0.15, -0.1) is 0 Å². The molecule has 158 valence electrons. The minimum absolute atomic E-state index is 0.0844. The van der Waals surface area contributed by atoms with E-state index in [0.717, 1.165) is 18.9 Å². The summed E-state index contributed by atoms with van der Waals surface area (Å²) in [5.74, 6) is -3.33. The van der Waals surface area contributed by atoms with Crippen molar-refractivity contribution in [2.75, 3.05) is 0 Å². The molecular weight excluding hydrogens is 368 g/mol. The second kappa shape index (κ2) is 9.75. The van der Waals surface area contributed by atoms with Gasteiger partial charge in [0.05, 0.1) is 5.56 Å². The fourth-order valence-electron chi connectivity index (χ4n) is 2.70. The van der Waals surface area contributed by atoms with E-state index in [1.165, 1.54) is 6.07 Å². The highest BCUT2D eigenvalue weighted by molar-refractivity contribution is 6.04. The zero-order chi connectivity index (χ0) is 21.5. The van der Waals surface area contributed by atoms with Crippen LogP contribution in [0.5, 0.6) is 11.5 Å². The third-order valence-corrected chi connectivity index (χ3v) is 3.98. The molecule has 1 aromatic rings. The van der Waals surface area contributed by atoms with Crippen LogP contribution in [0, 0.1) is 0 Å². The Hall–Kier alpha value is -2.32. The summed E-state index contributed by atoms with van der Waals surface area (Å²) < 4.78 is 0. The van der Waals surface area contributed by atoms with Crippen LogP contribution in [0.2, 0.25) is 0 Å². The van der Waals surface area contributed by atoms with Crippen molar-refractivity contribution in [1.29, 1.82) is 0 Å². The summed E-state index contributed by atoms with van der Waals surface area (Å²) in [6, 6.07) is 2.41. The number of carboxylic acid groups (broad SMARTS) is 2. The van der Waals surface area contributed by atoms with Gasteiger partial charge in [-0.25, -0.2) is 9.59 Å². The number of benzene rings is 1. The van der Waals surface area contributed by atoms with E-state index in [-0.39, 0.29) is 11.5 Å². The van der Waals surface area contributed by atoms with Crippen LogP contribution in [0.25, 0.3) is 0 Å². The van der Waals surface area contributed by atoms with Crippen LogP contribution in [0.4, 0.5) is 0 Å². The summed E-state index contributed by atoms with van der Waals surface area (Å²) in [4.78, 5) is 44.7. The van der Waals surface area contributed by atoms with Gasteiger partial charge in [-0.05, 0) is 52.7 Å². The maximum Gasteiger partial charge on any atom is 0.340 e. The second-order valence-corrected chi connectivity index (χ2v) is 7.78. The van der Waals surface area contributed by atoms with Gasteiger partial charge in [0.15, 0.2) is 0 Å². The Bertz CT molecular complexity index is 694. The van der Waals surface area contributed by atoms with Crippen molar-refractivity contribution in [2.45, 2.75) is 78.4 Å². The smallest absolute Gasteiger partial charge is 0.340 e. The summed E-state index contributed by atoms with van der Waals surface area (Å²) in [6.45, 7) is 11.2. The topological polar surface area (TPSA) is 112 Å². The van der Waals surface area contributed by atoms with Crippen molar-refractivity contribution >= 4 is 11.9 Å². The minimum Gasteiger partial charge on any atom is -0.478 e. The predicted molar refractivity (Wildman–Crippen MR) is 102 cm³/mol. The molecule has 8 heteroatoms. The van der Waals surface area contributed by atoms with E-state index < -0.39 is 34.3 Å². The maximum atomic E-state index is 11.8. The van der Waals surface area contributed by atoms with Crippen LogP contribution in [0.1, 0.15) is 87.9 Å². The molecule has 0 unspecified atom stereocenters. The SMILES string of the molecule is CCCC(C)(C)OOc1ccc(C(=O)O)c(C(=O)O)c1OOC(C)(C)CCC. The molecule has 0 bridgehead atoms. The van der Waals surface area contributed by atoms with E-state index in [9.17, 15) is 19.8 Å². The van der Waals surface area contributed by atoms with Gasteiger partial charge < -0.3 is 20.0 Å².